The molecule has 4 heteroatoms. The maximum atomic E-state index is 12.3. The lowest BCUT2D eigenvalue weighted by atomic mass is 9.93. The van der Waals surface area contributed by atoms with E-state index < -0.39 is 0 Å². The number of carbonyl (C=O) groups is 1. The van der Waals surface area contributed by atoms with Gasteiger partial charge in [0.2, 0.25) is 5.91 Å². The second-order valence-corrected chi connectivity index (χ2v) is 5.55. The maximum Gasteiger partial charge on any atom is 0.231 e. The number of hydrogen-bond acceptors (Lipinski definition) is 3. The van der Waals surface area contributed by atoms with Gasteiger partial charge >= 0.3 is 0 Å². The average molecular weight is 256 g/mol. The number of hydrogen-bond donors (Lipinski definition) is 1. The Morgan fingerprint density at radius 3 is 3.00 bits per heavy atom. The van der Waals surface area contributed by atoms with E-state index in [0.29, 0.717) is 18.0 Å². The van der Waals surface area contributed by atoms with Gasteiger partial charge in [-0.25, -0.2) is 0 Å². The second-order valence-electron chi connectivity index (χ2n) is 5.55. The lowest BCUT2D eigenvalue weighted by Crippen LogP contribution is -2.37. The van der Waals surface area contributed by atoms with Gasteiger partial charge in [-0.15, -0.1) is 0 Å². The van der Waals surface area contributed by atoms with Crippen LogP contribution in [0.3, 0.4) is 0 Å². The Bertz CT molecular complexity index is 702. The zero-order valence-electron chi connectivity index (χ0n) is 10.9. The fraction of sp³-hybridized carbons (Fsp3) is 0.400. The number of likely N-dealkylation sites (N-methyl/N-ethyl adjacent to an activating group) is 1. The van der Waals surface area contributed by atoms with Crippen LogP contribution in [-0.2, 0) is 6.42 Å². The summed E-state index contributed by atoms with van der Waals surface area (Å²) in [5, 5.41) is 11.2. The van der Waals surface area contributed by atoms with Crippen molar-refractivity contribution in [2.75, 3.05) is 13.6 Å². The topological polar surface area (TPSA) is 45.5 Å². The molecule has 0 aliphatic carbocycles. The molecule has 2 aromatic rings. The molecule has 0 radical (unpaired) electrons. The van der Waals surface area contributed by atoms with E-state index in [1.165, 1.54) is 5.56 Å². The van der Waals surface area contributed by atoms with Gasteiger partial charge in [-0.2, -0.15) is 0 Å². The van der Waals surface area contributed by atoms with E-state index in [9.17, 15) is 9.90 Å². The molecule has 19 heavy (non-hydrogen) atoms. The quantitative estimate of drug-likeness (QED) is 0.786. The van der Waals surface area contributed by atoms with Gasteiger partial charge in [0, 0.05) is 24.0 Å². The number of phenolic OH excluding ortho intramolecular Hbond substituents is 1. The molecule has 0 fully saturated rings. The van der Waals surface area contributed by atoms with Gasteiger partial charge in [0.25, 0.3) is 0 Å². The lowest BCUT2D eigenvalue weighted by molar-refractivity contribution is 0.0833. The summed E-state index contributed by atoms with van der Waals surface area (Å²) in [7, 11) is 2.12. The number of fused-ring (bicyclic) bond motifs is 3. The summed E-state index contributed by atoms with van der Waals surface area (Å²) in [5.41, 5.74) is 3.07. The van der Waals surface area contributed by atoms with Gasteiger partial charge in [0.15, 0.2) is 0 Å². The molecule has 0 amide bonds. The van der Waals surface area contributed by atoms with Gasteiger partial charge < -0.3 is 5.11 Å². The van der Waals surface area contributed by atoms with Crippen LogP contribution in [0.15, 0.2) is 18.2 Å². The van der Waals surface area contributed by atoms with Gasteiger partial charge in [-0.3, -0.25) is 14.3 Å². The Labute approximate surface area is 111 Å². The largest absolute Gasteiger partial charge is 0.506 e. The van der Waals surface area contributed by atoms with E-state index in [2.05, 4.69) is 11.9 Å². The number of aromatic nitrogens is 1. The van der Waals surface area contributed by atoms with Crippen LogP contribution < -0.4 is 0 Å². The zero-order valence-corrected chi connectivity index (χ0v) is 10.9. The summed E-state index contributed by atoms with van der Waals surface area (Å²) < 4.78 is 1.77. The molecule has 1 atom stereocenters. The van der Waals surface area contributed by atoms with Crippen molar-refractivity contribution in [3.8, 4) is 5.75 Å². The minimum Gasteiger partial charge on any atom is -0.506 e. The van der Waals surface area contributed by atoms with E-state index in [-0.39, 0.29) is 11.7 Å². The highest BCUT2D eigenvalue weighted by atomic mass is 16.3. The fourth-order valence-corrected chi connectivity index (χ4v) is 3.66. The molecule has 4 rings (SSSR count). The van der Waals surface area contributed by atoms with Gasteiger partial charge in [-0.05, 0) is 31.5 Å². The summed E-state index contributed by atoms with van der Waals surface area (Å²) in [6.45, 7) is 1.01. The van der Waals surface area contributed by atoms with Crippen molar-refractivity contribution in [2.45, 2.75) is 25.3 Å². The number of nitrogens with zero attached hydrogens (tertiary/aromatic N) is 2. The molecule has 0 bridgehead atoms. The molecule has 98 valence electrons. The third kappa shape index (κ3) is 1.29. The second kappa shape index (κ2) is 3.61. The number of benzene rings is 1. The molecular weight excluding hydrogens is 240 g/mol. The highest BCUT2D eigenvalue weighted by Crippen LogP contribution is 2.43. The highest BCUT2D eigenvalue weighted by molar-refractivity contribution is 6.00. The first-order chi connectivity index (χ1) is 9.18. The Morgan fingerprint density at radius 1 is 1.32 bits per heavy atom. The summed E-state index contributed by atoms with van der Waals surface area (Å²) >= 11 is 0. The predicted molar refractivity (Wildman–Crippen MR) is 72.5 cm³/mol. The van der Waals surface area contributed by atoms with Crippen molar-refractivity contribution in [1.29, 1.82) is 0 Å². The first-order valence-electron chi connectivity index (χ1n) is 6.77. The number of phenols is 1. The van der Waals surface area contributed by atoms with Crippen LogP contribution in [0.2, 0.25) is 0 Å². The Morgan fingerprint density at radius 2 is 2.16 bits per heavy atom. The molecule has 4 nitrogen and oxygen atoms in total. The Kier molecular flexibility index (Phi) is 2.10. The maximum absolute atomic E-state index is 12.3. The monoisotopic (exact) mass is 256 g/mol. The smallest absolute Gasteiger partial charge is 0.231 e. The lowest BCUT2D eigenvalue weighted by Gasteiger charge is -2.36. The van der Waals surface area contributed by atoms with Crippen molar-refractivity contribution < 1.29 is 9.90 Å². The molecule has 3 heterocycles. The van der Waals surface area contributed by atoms with Gasteiger partial charge in [0.1, 0.15) is 5.75 Å². The predicted octanol–water partition coefficient (Wildman–Crippen LogP) is 2.31. The van der Waals surface area contributed by atoms with Gasteiger partial charge in [-0.1, -0.05) is 12.1 Å². The Balaban J connectivity index is 2.16. The molecule has 2 aliphatic heterocycles. The fourth-order valence-electron chi connectivity index (χ4n) is 3.66. The third-order valence-electron chi connectivity index (χ3n) is 4.56. The molecule has 0 spiro atoms. The van der Waals surface area contributed by atoms with Crippen LogP contribution in [0.25, 0.3) is 10.9 Å². The molecule has 0 saturated carbocycles. The molecule has 1 N–H and O–H groups in total. The summed E-state index contributed by atoms with van der Waals surface area (Å²) in [5.74, 6) is 0.322. The summed E-state index contributed by atoms with van der Waals surface area (Å²) in [4.78, 5) is 14.6. The third-order valence-corrected chi connectivity index (χ3v) is 4.56. The summed E-state index contributed by atoms with van der Waals surface area (Å²) in [6, 6.07) is 5.86. The molecule has 1 aromatic heterocycles. The Hall–Kier alpha value is -1.81. The highest BCUT2D eigenvalue weighted by Gasteiger charge is 2.36. The van der Waals surface area contributed by atoms with Crippen LogP contribution >= 0.6 is 0 Å². The van der Waals surface area contributed by atoms with Crippen LogP contribution in [-0.4, -0.2) is 34.1 Å². The minimum atomic E-state index is 0.110. The SMILES string of the molecule is CN1CCc2c3n(c4c(O)cccc24)C(=O)CCC31. The first-order valence-corrected chi connectivity index (χ1v) is 6.77. The van der Waals surface area contributed by atoms with Crippen molar-refractivity contribution in [2.24, 2.45) is 0 Å². The van der Waals surface area contributed by atoms with Crippen LogP contribution in [0, 0.1) is 0 Å². The van der Waals surface area contributed by atoms with E-state index in [1.54, 1.807) is 10.6 Å². The molecule has 1 unspecified atom stereocenters. The zero-order chi connectivity index (χ0) is 13.1. The minimum absolute atomic E-state index is 0.110. The van der Waals surface area contributed by atoms with Crippen LogP contribution in [0.4, 0.5) is 0 Å². The van der Waals surface area contributed by atoms with Crippen LogP contribution in [0.1, 0.15) is 34.9 Å². The number of carbonyl (C=O) groups excluding carboxylic acids is 1. The number of rotatable bonds is 0. The van der Waals surface area contributed by atoms with E-state index in [4.69, 9.17) is 0 Å². The van der Waals surface area contributed by atoms with Crippen molar-refractivity contribution >= 4 is 16.8 Å². The molecule has 1 aromatic carbocycles. The molecule has 0 saturated heterocycles. The van der Waals surface area contributed by atoms with Crippen LogP contribution in [0.5, 0.6) is 5.75 Å². The standard InChI is InChI=1S/C15H16N2O2/c1-16-8-7-10-9-3-2-4-12(18)15(9)17-13(19)6-5-11(16)14(10)17/h2-4,11,18H,5-8H2,1H3. The summed E-state index contributed by atoms with van der Waals surface area (Å²) in [6.07, 6.45) is 2.39. The van der Waals surface area contributed by atoms with E-state index in [1.807, 2.05) is 12.1 Å². The molecule has 2 aliphatic rings. The first kappa shape index (κ1) is 11.1. The van der Waals surface area contributed by atoms with E-state index in [0.717, 1.165) is 30.5 Å². The van der Waals surface area contributed by atoms with Crippen molar-refractivity contribution in [1.82, 2.24) is 9.47 Å². The number of para-hydroxylation sites is 1. The normalized spacial score (nSPS) is 22.8. The van der Waals surface area contributed by atoms with E-state index >= 15 is 0 Å². The average Bonchev–Trinajstić information content (AvgIpc) is 2.74. The van der Waals surface area contributed by atoms with Crippen molar-refractivity contribution in [3.05, 3.63) is 29.5 Å². The van der Waals surface area contributed by atoms with Crippen molar-refractivity contribution in [3.63, 3.8) is 0 Å². The number of aromatic hydroxyl groups is 1. The van der Waals surface area contributed by atoms with Gasteiger partial charge in [0.05, 0.1) is 11.6 Å². The molecular formula is C15H16N2O2.